The van der Waals surface area contributed by atoms with Crippen LogP contribution < -0.4 is 0 Å². The van der Waals surface area contributed by atoms with Gasteiger partial charge >= 0.3 is 0 Å². The van der Waals surface area contributed by atoms with E-state index in [1.165, 1.54) is 51.4 Å². The summed E-state index contributed by atoms with van der Waals surface area (Å²) in [5, 5.41) is 0. The summed E-state index contributed by atoms with van der Waals surface area (Å²) in [6.45, 7) is 0. The Morgan fingerprint density at radius 2 is 1.58 bits per heavy atom. The molecule has 2 aromatic carbocycles. The summed E-state index contributed by atoms with van der Waals surface area (Å²) in [5.41, 5.74) is 2.91. The predicted molar refractivity (Wildman–Crippen MR) is 101 cm³/mol. The molecule has 0 bridgehead atoms. The van der Waals surface area contributed by atoms with Crippen LogP contribution in [-0.2, 0) is 6.42 Å². The number of unbranched alkanes of at least 4 members (excludes halogenated alkanes) is 2. The summed E-state index contributed by atoms with van der Waals surface area (Å²) >= 11 is 0. The molecule has 128 valence electrons. The second-order valence-corrected chi connectivity index (χ2v) is 7.28. The Bertz CT molecular complexity index is 611. The highest BCUT2D eigenvalue weighted by Gasteiger charge is 2.12. The fraction of sp³-hybridized carbons (Fsp3) is 0.478. The molecule has 3 rings (SSSR count). The first kappa shape index (κ1) is 17.2. The molecule has 0 aromatic heterocycles. The number of hydrogen-bond acceptors (Lipinski definition) is 0. The first-order chi connectivity index (χ1) is 11.8. The molecule has 0 amide bonds. The van der Waals surface area contributed by atoms with Crippen molar-refractivity contribution in [2.24, 2.45) is 5.92 Å². The second-order valence-electron chi connectivity index (χ2n) is 7.28. The zero-order chi connectivity index (χ0) is 16.6. The highest BCUT2D eigenvalue weighted by molar-refractivity contribution is 5.63. The van der Waals surface area contributed by atoms with Gasteiger partial charge in [-0.25, -0.2) is 4.39 Å². The Morgan fingerprint density at radius 3 is 2.33 bits per heavy atom. The van der Waals surface area contributed by atoms with Crippen LogP contribution >= 0.6 is 0 Å². The van der Waals surface area contributed by atoms with E-state index in [2.05, 4.69) is 6.07 Å². The lowest BCUT2D eigenvalue weighted by molar-refractivity contribution is 0.328. The van der Waals surface area contributed by atoms with Gasteiger partial charge < -0.3 is 0 Å². The first-order valence-corrected chi connectivity index (χ1v) is 9.67. The van der Waals surface area contributed by atoms with E-state index in [4.69, 9.17) is 0 Å². The molecule has 0 nitrogen and oxygen atoms in total. The molecule has 1 saturated carbocycles. The zero-order valence-corrected chi connectivity index (χ0v) is 14.6. The zero-order valence-electron chi connectivity index (χ0n) is 14.6. The van der Waals surface area contributed by atoms with Crippen LogP contribution in [0.1, 0.15) is 63.4 Å². The van der Waals surface area contributed by atoms with Gasteiger partial charge in [0, 0.05) is 0 Å². The Kier molecular flexibility index (Phi) is 6.46. The van der Waals surface area contributed by atoms with Crippen LogP contribution in [0.15, 0.2) is 48.5 Å². The Labute approximate surface area is 146 Å². The molecule has 24 heavy (non-hydrogen) atoms. The lowest BCUT2D eigenvalue weighted by atomic mass is 9.85. The van der Waals surface area contributed by atoms with Gasteiger partial charge in [-0.1, -0.05) is 93.8 Å². The van der Waals surface area contributed by atoms with Gasteiger partial charge in [-0.15, -0.1) is 0 Å². The molecule has 0 heterocycles. The maximum atomic E-state index is 14.3. The molecule has 0 unspecified atom stereocenters. The van der Waals surface area contributed by atoms with Crippen molar-refractivity contribution in [2.45, 2.75) is 64.2 Å². The van der Waals surface area contributed by atoms with E-state index in [0.717, 1.165) is 35.4 Å². The summed E-state index contributed by atoms with van der Waals surface area (Å²) in [6, 6.07) is 15.7. The van der Waals surface area contributed by atoms with E-state index in [0.29, 0.717) is 0 Å². The van der Waals surface area contributed by atoms with E-state index in [9.17, 15) is 4.39 Å². The Morgan fingerprint density at radius 1 is 0.792 bits per heavy atom. The Balaban J connectivity index is 1.44. The van der Waals surface area contributed by atoms with Gasteiger partial charge in [0.05, 0.1) is 0 Å². The van der Waals surface area contributed by atoms with Gasteiger partial charge in [0.15, 0.2) is 0 Å². The third-order valence-electron chi connectivity index (χ3n) is 5.44. The minimum atomic E-state index is -0.0522. The SMILES string of the molecule is Fc1cc(-c2ccccc2)ccc1CCCCCC1CCCCC1. The fourth-order valence-electron chi connectivity index (χ4n) is 3.96. The third-order valence-corrected chi connectivity index (χ3v) is 5.44. The average molecular weight is 324 g/mol. The van der Waals surface area contributed by atoms with Crippen molar-refractivity contribution in [1.82, 2.24) is 0 Å². The largest absolute Gasteiger partial charge is 0.207 e. The molecule has 1 heteroatoms. The molecule has 1 aliphatic carbocycles. The van der Waals surface area contributed by atoms with Crippen molar-refractivity contribution in [3.8, 4) is 11.1 Å². The van der Waals surface area contributed by atoms with E-state index < -0.39 is 0 Å². The number of aryl methyl sites for hydroxylation is 1. The molecule has 1 aliphatic rings. The van der Waals surface area contributed by atoms with Gasteiger partial charge in [0.1, 0.15) is 5.82 Å². The normalized spacial score (nSPS) is 15.5. The van der Waals surface area contributed by atoms with Gasteiger partial charge in [-0.05, 0) is 41.5 Å². The van der Waals surface area contributed by atoms with Gasteiger partial charge in [0.25, 0.3) is 0 Å². The average Bonchev–Trinajstić information content (AvgIpc) is 2.64. The summed E-state index contributed by atoms with van der Waals surface area (Å²) in [4.78, 5) is 0. The van der Waals surface area contributed by atoms with Crippen LogP contribution in [0, 0.1) is 11.7 Å². The third kappa shape index (κ3) is 4.93. The maximum Gasteiger partial charge on any atom is 0.127 e. The number of hydrogen-bond donors (Lipinski definition) is 0. The molecule has 2 aromatic rings. The van der Waals surface area contributed by atoms with Crippen LogP contribution in [0.5, 0.6) is 0 Å². The molecule has 0 atom stereocenters. The molecular formula is C23H29F. The standard InChI is InChI=1S/C23H29F/c24-23-18-22(20-13-7-3-8-14-20)17-16-21(23)15-9-2-6-12-19-10-4-1-5-11-19/h3,7-8,13-14,16-19H,1-2,4-6,9-12,15H2. The second kappa shape index (κ2) is 9.01. The maximum absolute atomic E-state index is 14.3. The lowest BCUT2D eigenvalue weighted by Gasteiger charge is -2.21. The van der Waals surface area contributed by atoms with Crippen LogP contribution in [0.4, 0.5) is 4.39 Å². The van der Waals surface area contributed by atoms with Crippen molar-refractivity contribution < 1.29 is 4.39 Å². The number of halogens is 1. The molecule has 0 spiro atoms. The summed E-state index contributed by atoms with van der Waals surface area (Å²) in [6.07, 6.45) is 13.1. The molecule has 0 saturated heterocycles. The minimum Gasteiger partial charge on any atom is -0.207 e. The van der Waals surface area contributed by atoms with Crippen molar-refractivity contribution >= 4 is 0 Å². The molecular weight excluding hydrogens is 295 g/mol. The van der Waals surface area contributed by atoms with E-state index >= 15 is 0 Å². The van der Waals surface area contributed by atoms with E-state index in [-0.39, 0.29) is 5.82 Å². The van der Waals surface area contributed by atoms with E-state index in [1.54, 1.807) is 6.07 Å². The molecule has 0 aliphatic heterocycles. The van der Waals surface area contributed by atoms with E-state index in [1.807, 2.05) is 36.4 Å². The van der Waals surface area contributed by atoms with Crippen molar-refractivity contribution in [3.63, 3.8) is 0 Å². The Hall–Kier alpha value is -1.63. The summed E-state index contributed by atoms with van der Waals surface area (Å²) < 4.78 is 14.3. The van der Waals surface area contributed by atoms with Crippen molar-refractivity contribution in [3.05, 3.63) is 59.9 Å². The minimum absolute atomic E-state index is 0.0522. The lowest BCUT2D eigenvalue weighted by Crippen LogP contribution is -2.05. The smallest absolute Gasteiger partial charge is 0.127 e. The highest BCUT2D eigenvalue weighted by Crippen LogP contribution is 2.28. The fourth-order valence-corrected chi connectivity index (χ4v) is 3.96. The molecule has 1 fully saturated rings. The topological polar surface area (TPSA) is 0 Å². The van der Waals surface area contributed by atoms with Gasteiger partial charge in [0.2, 0.25) is 0 Å². The highest BCUT2D eigenvalue weighted by atomic mass is 19.1. The van der Waals surface area contributed by atoms with Crippen LogP contribution in [0.3, 0.4) is 0 Å². The van der Waals surface area contributed by atoms with Gasteiger partial charge in [-0.2, -0.15) is 0 Å². The van der Waals surface area contributed by atoms with Crippen molar-refractivity contribution in [1.29, 1.82) is 0 Å². The quantitative estimate of drug-likeness (QED) is 0.473. The predicted octanol–water partition coefficient (Wildman–Crippen LogP) is 7.18. The number of benzene rings is 2. The van der Waals surface area contributed by atoms with Crippen LogP contribution in [0.2, 0.25) is 0 Å². The monoisotopic (exact) mass is 324 g/mol. The van der Waals surface area contributed by atoms with Crippen LogP contribution in [0.25, 0.3) is 11.1 Å². The first-order valence-electron chi connectivity index (χ1n) is 9.67. The number of rotatable bonds is 7. The van der Waals surface area contributed by atoms with Gasteiger partial charge in [-0.3, -0.25) is 0 Å². The van der Waals surface area contributed by atoms with Crippen molar-refractivity contribution in [2.75, 3.05) is 0 Å². The summed E-state index contributed by atoms with van der Waals surface area (Å²) in [7, 11) is 0. The summed E-state index contributed by atoms with van der Waals surface area (Å²) in [5.74, 6) is 0.921. The molecule has 0 radical (unpaired) electrons. The van der Waals surface area contributed by atoms with Crippen LogP contribution in [-0.4, -0.2) is 0 Å². The molecule has 0 N–H and O–H groups in total.